The Bertz CT molecular complexity index is 2070. The van der Waals surface area contributed by atoms with Gasteiger partial charge in [-0.25, -0.2) is 4.39 Å². The first-order valence-electron chi connectivity index (χ1n) is 20.1. The van der Waals surface area contributed by atoms with Gasteiger partial charge >= 0.3 is 232 Å². The second-order valence-corrected chi connectivity index (χ2v) is 15.7. The number of hydrogen-bond donors (Lipinski definition) is 2. The second-order valence-electron chi connectivity index (χ2n) is 15.7. The molecule has 0 spiro atoms. The van der Waals surface area contributed by atoms with Crippen LogP contribution in [-0.4, -0.2) is 75.7 Å². The number of aromatic hydroxyl groups is 1. The predicted octanol–water partition coefficient (Wildman–Crippen LogP) is 8.87. The molecule has 2 aromatic heterocycles. The molecule has 0 amide bonds. The van der Waals surface area contributed by atoms with Crippen molar-refractivity contribution in [1.29, 1.82) is 0 Å². The van der Waals surface area contributed by atoms with Crippen LogP contribution in [0.25, 0.3) is 32.9 Å². The molecule has 54 heavy (non-hydrogen) atoms. The third-order valence-electron chi connectivity index (χ3n) is 11.2. The minimum atomic E-state index is -0.595. The zero-order chi connectivity index (χ0) is 38.6. The molecule has 2 aliphatic rings. The average Bonchev–Trinajstić information content (AvgIpc) is 3.73. The SMILES string of the molecule is B=C(/C=C(\C)CN(CCCC)c1nc(CCC23CCCN2CCC3)nc2c(F)c(-c3cc(O)cc4ccc(F)c(CC)c34)ncc12)/C(=C\CC)NC(C)C. The number of aromatic nitrogens is 3. The summed E-state index contributed by atoms with van der Waals surface area (Å²) in [7, 11) is 4.40. The van der Waals surface area contributed by atoms with E-state index in [-0.39, 0.29) is 34.4 Å². The minimum absolute atomic E-state index is 0.0380. The van der Waals surface area contributed by atoms with E-state index in [1.165, 1.54) is 37.8 Å². The van der Waals surface area contributed by atoms with Crippen molar-refractivity contribution in [2.75, 3.05) is 31.1 Å². The molecule has 286 valence electrons. The first-order chi connectivity index (χ1) is 26.0. The van der Waals surface area contributed by atoms with Gasteiger partial charge in [0.15, 0.2) is 0 Å². The van der Waals surface area contributed by atoms with Gasteiger partial charge in [0, 0.05) is 0 Å². The van der Waals surface area contributed by atoms with Gasteiger partial charge in [0.25, 0.3) is 0 Å². The summed E-state index contributed by atoms with van der Waals surface area (Å²) in [5.74, 6) is 0.278. The van der Waals surface area contributed by atoms with E-state index in [4.69, 9.17) is 15.0 Å². The van der Waals surface area contributed by atoms with Crippen molar-refractivity contribution in [1.82, 2.24) is 25.2 Å². The van der Waals surface area contributed by atoms with Crippen molar-refractivity contribution in [2.45, 2.75) is 117 Å². The molecule has 0 saturated carbocycles. The molecule has 6 rings (SSSR count). The number of unbranched alkanes of at least 4 members (excludes halogenated alkanes) is 1. The number of phenols is 1. The van der Waals surface area contributed by atoms with E-state index in [1.807, 2.05) is 6.92 Å². The summed E-state index contributed by atoms with van der Waals surface area (Å²) in [6, 6.07) is 6.36. The van der Waals surface area contributed by atoms with E-state index in [0.29, 0.717) is 58.3 Å². The number of nitrogens with zero attached hydrogens (tertiary/aromatic N) is 5. The Kier molecular flexibility index (Phi) is 12.5. The molecule has 4 heterocycles. The number of nitrogens with one attached hydrogen (secondary N) is 1. The van der Waals surface area contributed by atoms with Gasteiger partial charge in [-0.15, -0.1) is 0 Å². The van der Waals surface area contributed by atoms with Crippen LogP contribution >= 0.6 is 0 Å². The molecule has 2 aromatic carbocycles. The van der Waals surface area contributed by atoms with E-state index in [1.54, 1.807) is 18.3 Å². The number of pyridine rings is 1. The Morgan fingerprint density at radius 3 is 2.56 bits per heavy atom. The fourth-order valence-electron chi connectivity index (χ4n) is 8.77. The first kappa shape index (κ1) is 39.5. The number of aryl methyl sites for hydroxylation is 2. The standard InChI is InChI=1S/C44H57BF2N6O/c1-7-10-20-52(27-29(6)23-35(45)37(13-8-2)49-28(4)5)43-34-26-48-41(33-25-31(54)24-30-14-15-36(46)32(9-3)39(30)33)40(47)42(34)50-38(51-43)16-19-44-17-11-21-53(44)22-12-18-44/h13-15,23-26,28,45,49,54H,7-12,16-22,27H2,1-6H3/b29-23+,37-13+. The van der Waals surface area contributed by atoms with Gasteiger partial charge in [0.1, 0.15) is 11.6 Å². The second kappa shape index (κ2) is 17.1. The van der Waals surface area contributed by atoms with Crippen LogP contribution in [0.4, 0.5) is 14.6 Å². The first-order valence-corrected chi connectivity index (χ1v) is 20.1. The number of fused-ring (bicyclic) bond motifs is 3. The summed E-state index contributed by atoms with van der Waals surface area (Å²) in [5, 5.41) is 16.0. The quantitative estimate of drug-likeness (QED) is 0.111. The van der Waals surface area contributed by atoms with Crippen molar-refractivity contribution in [3.63, 3.8) is 0 Å². The molecule has 0 bridgehead atoms. The third kappa shape index (κ3) is 8.24. The Morgan fingerprint density at radius 2 is 1.87 bits per heavy atom. The maximum absolute atomic E-state index is 17.3. The topological polar surface area (TPSA) is 77.4 Å². The van der Waals surface area contributed by atoms with Crippen molar-refractivity contribution in [2.24, 2.45) is 0 Å². The summed E-state index contributed by atoms with van der Waals surface area (Å²) in [6.07, 6.45) is 15.5. The van der Waals surface area contributed by atoms with Crippen LogP contribution in [0.15, 0.2) is 53.9 Å². The normalized spacial score (nSPS) is 16.1. The van der Waals surface area contributed by atoms with Gasteiger partial charge < -0.3 is 5.11 Å². The van der Waals surface area contributed by atoms with E-state index < -0.39 is 5.82 Å². The molecule has 4 aromatic rings. The Balaban J connectivity index is 1.49. The van der Waals surface area contributed by atoms with E-state index in [0.717, 1.165) is 62.1 Å². The summed E-state index contributed by atoms with van der Waals surface area (Å²) in [6.45, 7) is 16.1. The number of phenolic OH excluding ortho intramolecular Hbond substituents is 1. The summed E-state index contributed by atoms with van der Waals surface area (Å²) in [4.78, 5) is 19.8. The average molecular weight is 735 g/mol. The van der Waals surface area contributed by atoms with Gasteiger partial charge in [-0.3, -0.25) is 0 Å². The van der Waals surface area contributed by atoms with Crippen molar-refractivity contribution in [3.8, 4) is 17.0 Å². The number of hydrogen-bond acceptors (Lipinski definition) is 7. The van der Waals surface area contributed by atoms with Gasteiger partial charge in [-0.1, -0.05) is 13.0 Å². The van der Waals surface area contributed by atoms with E-state index >= 15 is 8.78 Å². The van der Waals surface area contributed by atoms with Crippen LogP contribution in [0, 0.1) is 11.6 Å². The third-order valence-corrected chi connectivity index (χ3v) is 11.2. The summed E-state index contributed by atoms with van der Waals surface area (Å²) in [5.41, 5.74) is 4.25. The molecular weight excluding hydrogens is 677 g/mol. The Morgan fingerprint density at radius 1 is 1.11 bits per heavy atom. The molecule has 0 unspecified atom stereocenters. The number of rotatable bonds is 16. The molecule has 2 saturated heterocycles. The molecule has 10 heteroatoms. The Hall–Kier alpha value is -4.18. The van der Waals surface area contributed by atoms with Crippen LogP contribution in [0.2, 0.25) is 0 Å². The monoisotopic (exact) mass is 734 g/mol. The van der Waals surface area contributed by atoms with E-state index in [9.17, 15) is 5.11 Å². The molecule has 0 radical (unpaired) electrons. The van der Waals surface area contributed by atoms with Crippen LogP contribution in [0.5, 0.6) is 5.75 Å². The van der Waals surface area contributed by atoms with Crippen molar-refractivity contribution in [3.05, 3.63) is 76.9 Å². The van der Waals surface area contributed by atoms with Crippen molar-refractivity contribution < 1.29 is 13.9 Å². The number of allylic oxidation sites excluding steroid dienone is 2. The van der Waals surface area contributed by atoms with Gasteiger partial charge in [0.2, 0.25) is 0 Å². The summed E-state index contributed by atoms with van der Waals surface area (Å²) < 4.78 is 32.5. The van der Waals surface area contributed by atoms with Crippen LogP contribution in [0.3, 0.4) is 0 Å². The van der Waals surface area contributed by atoms with Crippen LogP contribution < -0.4 is 10.2 Å². The summed E-state index contributed by atoms with van der Waals surface area (Å²) >= 11 is 0. The number of anilines is 1. The predicted molar refractivity (Wildman–Crippen MR) is 222 cm³/mol. The van der Waals surface area contributed by atoms with Gasteiger partial charge in [-0.2, -0.15) is 0 Å². The molecule has 0 aliphatic carbocycles. The van der Waals surface area contributed by atoms with Crippen LogP contribution in [-0.2, 0) is 12.8 Å². The Labute approximate surface area is 321 Å². The molecular formula is C44H57BF2N6O. The van der Waals surface area contributed by atoms with E-state index in [2.05, 4.69) is 69.4 Å². The zero-order valence-corrected chi connectivity index (χ0v) is 33.2. The zero-order valence-electron chi connectivity index (χ0n) is 33.2. The molecule has 2 N–H and O–H groups in total. The van der Waals surface area contributed by atoms with Gasteiger partial charge in [0.05, 0.1) is 0 Å². The van der Waals surface area contributed by atoms with Crippen LogP contribution in [0.1, 0.15) is 104 Å². The molecule has 2 aliphatic heterocycles. The maximum atomic E-state index is 17.3. The molecule has 0 atom stereocenters. The van der Waals surface area contributed by atoms with Crippen molar-refractivity contribution >= 4 is 40.4 Å². The van der Waals surface area contributed by atoms with Gasteiger partial charge in [-0.05, 0) is 55.4 Å². The molecule has 2 fully saturated rings. The molecule has 7 nitrogen and oxygen atoms in total. The fourth-order valence-corrected chi connectivity index (χ4v) is 8.77. The number of halogens is 2. The fraction of sp³-hybridized carbons (Fsp3) is 0.500. The number of benzene rings is 2.